The Morgan fingerprint density at radius 2 is 2.20 bits per heavy atom. The lowest BCUT2D eigenvalue weighted by Gasteiger charge is -2.05. The maximum Gasteiger partial charge on any atom is 0.243 e. The van der Waals surface area contributed by atoms with Crippen molar-refractivity contribution in [3.63, 3.8) is 0 Å². The molecular formula is C10H20N4O. The van der Waals surface area contributed by atoms with Crippen LogP contribution < -0.4 is 5.73 Å². The van der Waals surface area contributed by atoms with Crippen LogP contribution in [0.4, 0.5) is 0 Å². The summed E-state index contributed by atoms with van der Waals surface area (Å²) in [5.41, 5.74) is 5.87. The summed E-state index contributed by atoms with van der Waals surface area (Å²) in [7, 11) is 4.04. The molecule has 0 amide bonds. The van der Waals surface area contributed by atoms with Crippen LogP contribution in [0.3, 0.4) is 0 Å². The first kappa shape index (κ1) is 12.1. The fourth-order valence-corrected chi connectivity index (χ4v) is 1.28. The van der Waals surface area contributed by atoms with E-state index in [2.05, 4.69) is 22.0 Å². The fraction of sp³-hybridized carbons (Fsp3) is 0.800. The van der Waals surface area contributed by atoms with Gasteiger partial charge in [-0.25, -0.2) is 0 Å². The van der Waals surface area contributed by atoms with E-state index in [0.29, 0.717) is 5.89 Å². The smallest absolute Gasteiger partial charge is 0.243 e. The van der Waals surface area contributed by atoms with Gasteiger partial charge in [-0.2, -0.15) is 4.98 Å². The van der Waals surface area contributed by atoms with Crippen LogP contribution in [0.25, 0.3) is 0 Å². The first-order chi connectivity index (χ1) is 7.13. The molecule has 1 atom stereocenters. The Kier molecular flexibility index (Phi) is 4.71. The topological polar surface area (TPSA) is 68.2 Å². The summed E-state index contributed by atoms with van der Waals surface area (Å²) in [6.07, 6.45) is 2.71. The lowest BCUT2D eigenvalue weighted by atomic mass is 10.2. The van der Waals surface area contributed by atoms with Gasteiger partial charge in [0.2, 0.25) is 5.89 Å². The molecule has 0 saturated carbocycles. The molecule has 0 saturated heterocycles. The van der Waals surface area contributed by atoms with Crippen molar-refractivity contribution in [2.24, 2.45) is 5.73 Å². The second-order valence-electron chi connectivity index (χ2n) is 4.00. The summed E-state index contributed by atoms with van der Waals surface area (Å²) in [6.45, 7) is 3.01. The molecule has 15 heavy (non-hydrogen) atoms. The highest BCUT2D eigenvalue weighted by Gasteiger charge is 2.13. The summed E-state index contributed by atoms with van der Waals surface area (Å²) in [5, 5.41) is 3.90. The molecular weight excluding hydrogens is 192 g/mol. The van der Waals surface area contributed by atoms with E-state index in [1.807, 2.05) is 14.1 Å². The van der Waals surface area contributed by atoms with Gasteiger partial charge in [-0.1, -0.05) is 18.5 Å². The van der Waals surface area contributed by atoms with Crippen LogP contribution in [0.15, 0.2) is 4.52 Å². The molecule has 1 aromatic rings. The Hall–Kier alpha value is -0.940. The van der Waals surface area contributed by atoms with Crippen LogP contribution in [0.2, 0.25) is 0 Å². The number of likely N-dealkylation sites (N-methyl/N-ethyl adjacent to an activating group) is 1. The van der Waals surface area contributed by atoms with Crippen molar-refractivity contribution < 1.29 is 4.52 Å². The summed E-state index contributed by atoms with van der Waals surface area (Å²) >= 11 is 0. The monoisotopic (exact) mass is 212 g/mol. The molecule has 0 aromatic carbocycles. The minimum Gasteiger partial charge on any atom is -0.338 e. The minimum absolute atomic E-state index is 0.115. The normalized spacial score (nSPS) is 13.4. The predicted molar refractivity (Wildman–Crippen MR) is 58.4 cm³/mol. The molecule has 1 heterocycles. The van der Waals surface area contributed by atoms with Crippen LogP contribution in [0.5, 0.6) is 0 Å². The SMILES string of the molecule is CCCC(N)c1nc(CCN(C)C)no1. The molecule has 0 spiro atoms. The first-order valence-corrected chi connectivity index (χ1v) is 5.36. The van der Waals surface area contributed by atoms with Gasteiger partial charge in [0.25, 0.3) is 0 Å². The minimum atomic E-state index is -0.115. The van der Waals surface area contributed by atoms with Crippen LogP contribution in [0.1, 0.15) is 37.5 Å². The maximum atomic E-state index is 5.87. The van der Waals surface area contributed by atoms with Crippen LogP contribution >= 0.6 is 0 Å². The molecule has 86 valence electrons. The van der Waals surface area contributed by atoms with Gasteiger partial charge in [-0.3, -0.25) is 0 Å². The van der Waals surface area contributed by atoms with Crippen molar-refractivity contribution >= 4 is 0 Å². The van der Waals surface area contributed by atoms with Gasteiger partial charge in [0.1, 0.15) is 0 Å². The zero-order valence-electron chi connectivity index (χ0n) is 9.73. The molecule has 0 bridgehead atoms. The molecule has 0 aliphatic carbocycles. The number of nitrogens with zero attached hydrogens (tertiary/aromatic N) is 3. The van der Waals surface area contributed by atoms with Crippen molar-refractivity contribution in [3.8, 4) is 0 Å². The Morgan fingerprint density at radius 1 is 1.47 bits per heavy atom. The third kappa shape index (κ3) is 3.97. The van der Waals surface area contributed by atoms with E-state index in [-0.39, 0.29) is 6.04 Å². The number of hydrogen-bond donors (Lipinski definition) is 1. The lowest BCUT2D eigenvalue weighted by molar-refractivity contribution is 0.341. The van der Waals surface area contributed by atoms with E-state index < -0.39 is 0 Å². The van der Waals surface area contributed by atoms with E-state index >= 15 is 0 Å². The van der Waals surface area contributed by atoms with E-state index in [1.165, 1.54) is 0 Å². The van der Waals surface area contributed by atoms with Crippen LogP contribution in [-0.2, 0) is 6.42 Å². The number of aromatic nitrogens is 2. The van der Waals surface area contributed by atoms with Crippen molar-refractivity contribution in [1.82, 2.24) is 15.0 Å². The van der Waals surface area contributed by atoms with Crippen molar-refractivity contribution in [1.29, 1.82) is 0 Å². The van der Waals surface area contributed by atoms with E-state index in [0.717, 1.165) is 31.6 Å². The summed E-state index contributed by atoms with van der Waals surface area (Å²) in [4.78, 5) is 6.36. The van der Waals surface area contributed by atoms with Gasteiger partial charge in [-0.15, -0.1) is 0 Å². The lowest BCUT2D eigenvalue weighted by Crippen LogP contribution is -2.16. The Morgan fingerprint density at radius 3 is 2.80 bits per heavy atom. The summed E-state index contributed by atoms with van der Waals surface area (Å²) < 4.78 is 5.11. The molecule has 5 nitrogen and oxygen atoms in total. The number of hydrogen-bond acceptors (Lipinski definition) is 5. The van der Waals surface area contributed by atoms with E-state index in [9.17, 15) is 0 Å². The average molecular weight is 212 g/mol. The molecule has 1 unspecified atom stereocenters. The highest BCUT2D eigenvalue weighted by atomic mass is 16.5. The summed E-state index contributed by atoms with van der Waals surface area (Å²) in [5.74, 6) is 1.30. The Balaban J connectivity index is 2.48. The zero-order valence-corrected chi connectivity index (χ0v) is 9.73. The number of rotatable bonds is 6. The molecule has 1 aromatic heterocycles. The molecule has 1 rings (SSSR count). The second-order valence-corrected chi connectivity index (χ2v) is 4.00. The second kappa shape index (κ2) is 5.82. The third-order valence-corrected chi connectivity index (χ3v) is 2.18. The van der Waals surface area contributed by atoms with E-state index in [1.54, 1.807) is 0 Å². The Labute approximate surface area is 90.6 Å². The van der Waals surface area contributed by atoms with Crippen LogP contribution in [-0.4, -0.2) is 35.7 Å². The fourth-order valence-electron chi connectivity index (χ4n) is 1.28. The quantitative estimate of drug-likeness (QED) is 0.761. The maximum absolute atomic E-state index is 5.87. The molecule has 0 radical (unpaired) electrons. The van der Waals surface area contributed by atoms with Crippen molar-refractivity contribution in [3.05, 3.63) is 11.7 Å². The molecule has 0 fully saturated rings. The third-order valence-electron chi connectivity index (χ3n) is 2.18. The largest absolute Gasteiger partial charge is 0.338 e. The summed E-state index contributed by atoms with van der Waals surface area (Å²) in [6, 6.07) is -0.115. The van der Waals surface area contributed by atoms with Crippen molar-refractivity contribution in [2.75, 3.05) is 20.6 Å². The predicted octanol–water partition coefficient (Wildman–Crippen LogP) is 0.974. The molecule has 0 aliphatic heterocycles. The highest BCUT2D eigenvalue weighted by molar-refractivity contribution is 4.92. The Bertz CT molecular complexity index is 285. The van der Waals surface area contributed by atoms with Crippen LogP contribution in [0, 0.1) is 0 Å². The zero-order chi connectivity index (χ0) is 11.3. The van der Waals surface area contributed by atoms with Gasteiger partial charge in [0, 0.05) is 13.0 Å². The molecule has 5 heteroatoms. The van der Waals surface area contributed by atoms with Gasteiger partial charge in [-0.05, 0) is 20.5 Å². The van der Waals surface area contributed by atoms with Crippen molar-refractivity contribution in [2.45, 2.75) is 32.2 Å². The highest BCUT2D eigenvalue weighted by Crippen LogP contribution is 2.13. The van der Waals surface area contributed by atoms with Gasteiger partial charge in [0.15, 0.2) is 5.82 Å². The standard InChI is InChI=1S/C10H20N4O/c1-4-5-8(11)10-12-9(13-15-10)6-7-14(2)3/h8H,4-7,11H2,1-3H3. The molecule has 0 aliphatic rings. The van der Waals surface area contributed by atoms with Gasteiger partial charge in [0.05, 0.1) is 6.04 Å². The molecule has 2 N–H and O–H groups in total. The first-order valence-electron chi connectivity index (χ1n) is 5.36. The number of nitrogens with two attached hydrogens (primary N) is 1. The van der Waals surface area contributed by atoms with E-state index in [4.69, 9.17) is 10.3 Å². The van der Waals surface area contributed by atoms with Gasteiger partial charge >= 0.3 is 0 Å². The average Bonchev–Trinajstić information content (AvgIpc) is 2.63. The van der Waals surface area contributed by atoms with Gasteiger partial charge < -0.3 is 15.2 Å².